The van der Waals surface area contributed by atoms with Crippen LogP contribution in [-0.4, -0.2) is 5.91 Å². The molecule has 26 heavy (non-hydrogen) atoms. The van der Waals surface area contributed by atoms with Crippen molar-refractivity contribution in [3.63, 3.8) is 0 Å². The topological polar surface area (TPSA) is 20.3 Å². The summed E-state index contributed by atoms with van der Waals surface area (Å²) in [6, 6.07) is 26.1. The first-order valence-corrected chi connectivity index (χ1v) is 9.56. The highest BCUT2D eigenvalue weighted by Crippen LogP contribution is 2.28. The van der Waals surface area contributed by atoms with Gasteiger partial charge in [0.15, 0.2) is 0 Å². The van der Waals surface area contributed by atoms with Crippen molar-refractivity contribution >= 4 is 40.3 Å². The fourth-order valence-corrected chi connectivity index (χ4v) is 3.74. The average molecular weight is 453 g/mol. The monoisotopic (exact) mass is 453 g/mol. The molecule has 0 aliphatic rings. The van der Waals surface area contributed by atoms with Crippen molar-refractivity contribution in [1.29, 1.82) is 0 Å². The molecule has 0 spiro atoms. The maximum absolute atomic E-state index is 13.1. The third kappa shape index (κ3) is 4.61. The summed E-state index contributed by atoms with van der Waals surface area (Å²) in [6.45, 7) is 2.59. The molecule has 0 N–H and O–H groups in total. The van der Waals surface area contributed by atoms with E-state index in [-0.39, 0.29) is 5.91 Å². The molecule has 3 aromatic carbocycles. The second kappa shape index (κ2) is 8.81. The Balaban J connectivity index is 1.94. The molecular formula is C23H20INO. The number of carbonyl (C=O) groups is 1. The first-order valence-electron chi connectivity index (χ1n) is 8.49. The van der Waals surface area contributed by atoms with Crippen molar-refractivity contribution < 1.29 is 4.79 Å². The molecule has 1 amide bonds. The summed E-state index contributed by atoms with van der Waals surface area (Å²) in [5.74, 6) is -0.0232. The molecule has 0 unspecified atom stereocenters. The van der Waals surface area contributed by atoms with Gasteiger partial charge in [-0.05, 0) is 58.3 Å². The minimum atomic E-state index is -0.0232. The van der Waals surface area contributed by atoms with Gasteiger partial charge in [-0.15, -0.1) is 0 Å². The van der Waals surface area contributed by atoms with E-state index in [1.165, 1.54) is 0 Å². The van der Waals surface area contributed by atoms with E-state index in [0.29, 0.717) is 6.54 Å². The Bertz CT molecular complexity index is 884. The van der Waals surface area contributed by atoms with Crippen LogP contribution in [0.3, 0.4) is 0 Å². The van der Waals surface area contributed by atoms with Gasteiger partial charge < -0.3 is 4.90 Å². The maximum Gasteiger partial charge on any atom is 0.251 e. The number of nitrogens with zero attached hydrogens (tertiary/aromatic N) is 1. The Labute approximate surface area is 168 Å². The molecule has 0 fully saturated rings. The predicted molar refractivity (Wildman–Crippen MR) is 117 cm³/mol. The Kier molecular flexibility index (Phi) is 6.23. The number of para-hydroxylation sites is 1. The number of rotatable bonds is 5. The Morgan fingerprint density at radius 2 is 1.58 bits per heavy atom. The van der Waals surface area contributed by atoms with Gasteiger partial charge in [0.1, 0.15) is 0 Å². The summed E-state index contributed by atoms with van der Waals surface area (Å²) in [7, 11) is 0. The fraction of sp³-hybridized carbons (Fsp3) is 0.0870. The molecule has 0 heterocycles. The lowest BCUT2D eigenvalue weighted by Crippen LogP contribution is -2.30. The van der Waals surface area contributed by atoms with Crippen LogP contribution in [0.1, 0.15) is 16.7 Å². The van der Waals surface area contributed by atoms with Crippen molar-refractivity contribution in [1.82, 2.24) is 0 Å². The van der Waals surface area contributed by atoms with Crippen LogP contribution >= 0.6 is 22.6 Å². The summed E-state index contributed by atoms with van der Waals surface area (Å²) >= 11 is 2.30. The minimum absolute atomic E-state index is 0.0232. The number of halogens is 1. The van der Waals surface area contributed by atoms with Crippen LogP contribution in [0.25, 0.3) is 6.08 Å². The van der Waals surface area contributed by atoms with Gasteiger partial charge in [0.25, 0.3) is 5.91 Å². The quantitative estimate of drug-likeness (QED) is 0.351. The summed E-state index contributed by atoms with van der Waals surface area (Å²) < 4.78 is 1.07. The fourth-order valence-electron chi connectivity index (χ4n) is 2.82. The van der Waals surface area contributed by atoms with Gasteiger partial charge >= 0.3 is 0 Å². The van der Waals surface area contributed by atoms with Crippen molar-refractivity contribution in [3.8, 4) is 0 Å². The molecule has 3 rings (SSSR count). The van der Waals surface area contributed by atoms with Crippen molar-refractivity contribution in [2.24, 2.45) is 0 Å². The van der Waals surface area contributed by atoms with E-state index in [9.17, 15) is 4.79 Å². The average Bonchev–Trinajstić information content (AvgIpc) is 2.67. The summed E-state index contributed by atoms with van der Waals surface area (Å²) in [4.78, 5) is 14.9. The van der Waals surface area contributed by atoms with E-state index in [4.69, 9.17) is 0 Å². The van der Waals surface area contributed by atoms with E-state index in [0.717, 1.165) is 25.9 Å². The largest absolute Gasteiger partial charge is 0.303 e. The maximum atomic E-state index is 13.1. The molecule has 0 aliphatic carbocycles. The summed E-state index contributed by atoms with van der Waals surface area (Å²) in [6.07, 6.45) is 3.52. The molecule has 2 nitrogen and oxygen atoms in total. The van der Waals surface area contributed by atoms with E-state index in [2.05, 4.69) is 22.6 Å². The molecule has 0 radical (unpaired) electrons. The normalized spacial score (nSPS) is 10.8. The molecule has 0 atom stereocenters. The van der Waals surface area contributed by atoms with Crippen LogP contribution in [0.5, 0.6) is 0 Å². The number of benzene rings is 3. The number of hydrogen-bond acceptors (Lipinski definition) is 1. The number of aryl methyl sites for hydroxylation is 1. The van der Waals surface area contributed by atoms with Crippen LogP contribution in [0.4, 0.5) is 5.69 Å². The number of hydrogen-bond donors (Lipinski definition) is 0. The van der Waals surface area contributed by atoms with Gasteiger partial charge in [-0.2, -0.15) is 0 Å². The highest BCUT2D eigenvalue weighted by molar-refractivity contribution is 14.1. The molecule has 3 heteroatoms. The van der Waals surface area contributed by atoms with Gasteiger partial charge in [0, 0.05) is 9.65 Å². The standard InChI is InChI=1S/C23H20INO/c1-18-9-8-14-21(24)23(18)25(17-20-12-6-3-7-13-20)22(26)16-15-19-10-4-2-5-11-19/h2-16H,17H2,1H3/b16-15+. The Hall–Kier alpha value is -2.40. The molecule has 130 valence electrons. The molecule has 0 saturated carbocycles. The van der Waals surface area contributed by atoms with E-state index < -0.39 is 0 Å². The molecular weight excluding hydrogens is 433 g/mol. The van der Waals surface area contributed by atoms with Crippen molar-refractivity contribution in [2.75, 3.05) is 4.90 Å². The highest BCUT2D eigenvalue weighted by Gasteiger charge is 2.18. The predicted octanol–water partition coefficient (Wildman–Crippen LogP) is 5.85. The lowest BCUT2D eigenvalue weighted by Gasteiger charge is -2.25. The van der Waals surface area contributed by atoms with Gasteiger partial charge in [0.2, 0.25) is 0 Å². The summed E-state index contributed by atoms with van der Waals surface area (Å²) in [5, 5.41) is 0. The first-order chi connectivity index (χ1) is 12.6. The smallest absolute Gasteiger partial charge is 0.251 e. The summed E-state index contributed by atoms with van der Waals surface area (Å²) in [5.41, 5.74) is 4.18. The van der Waals surface area contributed by atoms with Gasteiger partial charge in [0.05, 0.1) is 12.2 Å². The van der Waals surface area contributed by atoms with Gasteiger partial charge in [-0.3, -0.25) is 4.79 Å². The second-order valence-corrected chi connectivity index (χ2v) is 7.22. The zero-order chi connectivity index (χ0) is 18.4. The Morgan fingerprint density at radius 3 is 2.23 bits per heavy atom. The number of anilines is 1. The van der Waals surface area contributed by atoms with Gasteiger partial charge in [-0.1, -0.05) is 72.8 Å². The van der Waals surface area contributed by atoms with Gasteiger partial charge in [-0.25, -0.2) is 0 Å². The van der Waals surface area contributed by atoms with Crippen LogP contribution in [0.2, 0.25) is 0 Å². The van der Waals surface area contributed by atoms with E-state index >= 15 is 0 Å². The van der Waals surface area contributed by atoms with Crippen LogP contribution < -0.4 is 4.90 Å². The SMILES string of the molecule is Cc1cccc(I)c1N(Cc1ccccc1)C(=O)/C=C/c1ccccc1. The zero-order valence-electron chi connectivity index (χ0n) is 14.6. The van der Waals surface area contributed by atoms with Crippen molar-refractivity contribution in [2.45, 2.75) is 13.5 Å². The Morgan fingerprint density at radius 1 is 0.923 bits per heavy atom. The third-order valence-corrected chi connectivity index (χ3v) is 5.00. The van der Waals surface area contributed by atoms with Crippen LogP contribution in [-0.2, 0) is 11.3 Å². The number of carbonyl (C=O) groups excluding carboxylic acids is 1. The molecule has 0 bridgehead atoms. The lowest BCUT2D eigenvalue weighted by molar-refractivity contribution is -0.114. The minimum Gasteiger partial charge on any atom is -0.303 e. The lowest BCUT2D eigenvalue weighted by atomic mass is 10.1. The van der Waals surface area contributed by atoms with E-state index in [1.54, 1.807) is 6.08 Å². The number of amides is 1. The molecule has 3 aromatic rings. The van der Waals surface area contributed by atoms with E-state index in [1.807, 2.05) is 96.8 Å². The van der Waals surface area contributed by atoms with Crippen molar-refractivity contribution in [3.05, 3.63) is 105 Å². The highest BCUT2D eigenvalue weighted by atomic mass is 127. The first kappa shape index (κ1) is 18.4. The van der Waals surface area contributed by atoms with Crippen LogP contribution in [0.15, 0.2) is 84.9 Å². The third-order valence-electron chi connectivity index (χ3n) is 4.13. The second-order valence-electron chi connectivity index (χ2n) is 6.06. The molecule has 0 aliphatic heterocycles. The van der Waals surface area contributed by atoms with Crippen LogP contribution in [0, 0.1) is 10.5 Å². The molecule has 0 aromatic heterocycles. The zero-order valence-corrected chi connectivity index (χ0v) is 16.8. The molecule has 0 saturated heterocycles.